The van der Waals surface area contributed by atoms with Crippen LogP contribution in [0.2, 0.25) is 5.02 Å². The van der Waals surface area contributed by atoms with E-state index >= 15 is 0 Å². The van der Waals surface area contributed by atoms with Crippen LogP contribution in [-0.2, 0) is 20.9 Å². The van der Waals surface area contributed by atoms with Gasteiger partial charge in [0.1, 0.15) is 5.82 Å². The van der Waals surface area contributed by atoms with Crippen LogP contribution >= 0.6 is 22.9 Å². The summed E-state index contributed by atoms with van der Waals surface area (Å²) in [5.41, 5.74) is 0.212. The lowest BCUT2D eigenvalue weighted by atomic mass is 10.3. The predicted octanol–water partition coefficient (Wildman–Crippen LogP) is 2.76. The standard InChI is InChI=1S/C16H13ClFN5O3S/c1-9(16(25)19-12-5-4-10(18)7-11(12)17)26-14(24)8-23-21-15(20-22-23)13-3-2-6-27-13/h2-7,9H,8H2,1H3,(H,19,25)/t9-/m1/s1. The summed E-state index contributed by atoms with van der Waals surface area (Å²) < 4.78 is 18.1. The molecule has 0 aliphatic heterocycles. The molecule has 0 aliphatic carbocycles. The number of hydrogen-bond donors (Lipinski definition) is 1. The van der Waals surface area contributed by atoms with Crippen molar-refractivity contribution in [2.45, 2.75) is 19.6 Å². The van der Waals surface area contributed by atoms with E-state index in [2.05, 4.69) is 20.7 Å². The Morgan fingerprint density at radius 1 is 1.41 bits per heavy atom. The molecule has 2 heterocycles. The number of carbonyl (C=O) groups is 2. The van der Waals surface area contributed by atoms with E-state index in [1.807, 2.05) is 17.5 Å². The van der Waals surface area contributed by atoms with Crippen LogP contribution in [0.25, 0.3) is 10.7 Å². The predicted molar refractivity (Wildman–Crippen MR) is 96.7 cm³/mol. The molecular weight excluding hydrogens is 397 g/mol. The molecule has 27 heavy (non-hydrogen) atoms. The molecule has 1 N–H and O–H groups in total. The Bertz CT molecular complexity index is 963. The van der Waals surface area contributed by atoms with E-state index in [4.69, 9.17) is 16.3 Å². The van der Waals surface area contributed by atoms with Crippen molar-refractivity contribution in [1.29, 1.82) is 0 Å². The molecule has 3 aromatic rings. The van der Waals surface area contributed by atoms with E-state index in [1.54, 1.807) is 0 Å². The number of nitrogens with zero attached hydrogens (tertiary/aromatic N) is 4. The van der Waals surface area contributed by atoms with Crippen molar-refractivity contribution in [3.63, 3.8) is 0 Å². The van der Waals surface area contributed by atoms with Gasteiger partial charge < -0.3 is 10.1 Å². The zero-order chi connectivity index (χ0) is 19.4. The Balaban J connectivity index is 1.54. The van der Waals surface area contributed by atoms with Gasteiger partial charge in [0.15, 0.2) is 12.6 Å². The van der Waals surface area contributed by atoms with Crippen LogP contribution in [0.1, 0.15) is 6.92 Å². The monoisotopic (exact) mass is 409 g/mol. The molecule has 11 heteroatoms. The van der Waals surface area contributed by atoms with Gasteiger partial charge in [-0.15, -0.1) is 21.5 Å². The fraction of sp³-hybridized carbons (Fsp3) is 0.188. The van der Waals surface area contributed by atoms with Gasteiger partial charge >= 0.3 is 5.97 Å². The van der Waals surface area contributed by atoms with Crippen molar-refractivity contribution in [1.82, 2.24) is 20.2 Å². The smallest absolute Gasteiger partial charge is 0.330 e. The first kappa shape index (κ1) is 18.9. The van der Waals surface area contributed by atoms with Gasteiger partial charge in [0, 0.05) is 0 Å². The molecule has 0 bridgehead atoms. The lowest BCUT2D eigenvalue weighted by Gasteiger charge is -2.14. The molecular formula is C16H13ClFN5O3S. The van der Waals surface area contributed by atoms with Gasteiger partial charge in [0.25, 0.3) is 5.91 Å². The van der Waals surface area contributed by atoms with Crippen molar-refractivity contribution in [3.8, 4) is 10.7 Å². The second-order valence-corrected chi connectivity index (χ2v) is 6.72. The molecule has 0 radical (unpaired) electrons. The van der Waals surface area contributed by atoms with E-state index in [-0.39, 0.29) is 17.3 Å². The third-order valence-corrected chi connectivity index (χ3v) is 4.51. The second-order valence-electron chi connectivity index (χ2n) is 5.37. The van der Waals surface area contributed by atoms with Crippen molar-refractivity contribution in [2.24, 2.45) is 0 Å². The topological polar surface area (TPSA) is 99.0 Å². The summed E-state index contributed by atoms with van der Waals surface area (Å²) >= 11 is 7.29. The molecule has 0 aliphatic rings. The number of aromatic nitrogens is 4. The first-order valence-electron chi connectivity index (χ1n) is 7.69. The van der Waals surface area contributed by atoms with Crippen LogP contribution in [0.5, 0.6) is 0 Å². The number of carbonyl (C=O) groups excluding carboxylic acids is 2. The first-order valence-corrected chi connectivity index (χ1v) is 8.95. The van der Waals surface area contributed by atoms with Gasteiger partial charge in [0.05, 0.1) is 15.6 Å². The maximum absolute atomic E-state index is 13.0. The normalized spacial score (nSPS) is 11.8. The number of amides is 1. The van der Waals surface area contributed by atoms with Gasteiger partial charge in [-0.1, -0.05) is 17.7 Å². The Labute approximate surface area is 161 Å². The van der Waals surface area contributed by atoms with Gasteiger partial charge in [0.2, 0.25) is 5.82 Å². The summed E-state index contributed by atoms with van der Waals surface area (Å²) in [6.07, 6.45) is -1.10. The summed E-state index contributed by atoms with van der Waals surface area (Å²) in [6.45, 7) is 1.10. The second kappa shape index (κ2) is 8.23. The van der Waals surface area contributed by atoms with Crippen LogP contribution in [0, 0.1) is 5.82 Å². The molecule has 1 amide bonds. The number of anilines is 1. The molecule has 0 fully saturated rings. The molecule has 2 aromatic heterocycles. The maximum atomic E-state index is 13.0. The number of esters is 1. The third kappa shape index (κ3) is 4.86. The highest BCUT2D eigenvalue weighted by atomic mass is 35.5. The highest BCUT2D eigenvalue weighted by Gasteiger charge is 2.20. The summed E-state index contributed by atoms with van der Waals surface area (Å²) in [5.74, 6) is -1.45. The average Bonchev–Trinajstić information content (AvgIpc) is 3.28. The quantitative estimate of drug-likeness (QED) is 0.628. The van der Waals surface area contributed by atoms with Gasteiger partial charge in [-0.25, -0.2) is 9.18 Å². The minimum atomic E-state index is -1.10. The summed E-state index contributed by atoms with van der Waals surface area (Å²) in [4.78, 5) is 26.0. The molecule has 0 unspecified atom stereocenters. The number of nitrogens with one attached hydrogen (secondary N) is 1. The van der Waals surface area contributed by atoms with Crippen LogP contribution in [0.15, 0.2) is 35.7 Å². The summed E-state index contributed by atoms with van der Waals surface area (Å²) in [6, 6.07) is 7.21. The number of thiophene rings is 1. The molecule has 0 saturated carbocycles. The molecule has 1 aromatic carbocycles. The molecule has 1 atom stereocenters. The van der Waals surface area contributed by atoms with Crippen LogP contribution in [-0.4, -0.2) is 38.2 Å². The average molecular weight is 410 g/mol. The first-order chi connectivity index (χ1) is 12.9. The van der Waals surface area contributed by atoms with E-state index in [1.165, 1.54) is 24.3 Å². The lowest BCUT2D eigenvalue weighted by Crippen LogP contribution is -2.31. The number of benzene rings is 1. The van der Waals surface area contributed by atoms with Crippen LogP contribution < -0.4 is 5.32 Å². The summed E-state index contributed by atoms with van der Waals surface area (Å²) in [5, 5.41) is 16.1. The minimum absolute atomic E-state index is 0.0369. The Morgan fingerprint density at radius 3 is 2.93 bits per heavy atom. The van der Waals surface area contributed by atoms with Crippen LogP contribution in [0.3, 0.4) is 0 Å². The van der Waals surface area contributed by atoms with Crippen molar-refractivity contribution in [3.05, 3.63) is 46.6 Å². The number of halogens is 2. The molecule has 0 spiro atoms. The number of ether oxygens (including phenoxy) is 1. The number of rotatable bonds is 6. The van der Waals surface area contributed by atoms with Crippen molar-refractivity contribution in [2.75, 3.05) is 5.32 Å². The Hall–Kier alpha value is -2.85. The maximum Gasteiger partial charge on any atom is 0.330 e. The highest BCUT2D eigenvalue weighted by Crippen LogP contribution is 2.22. The molecule has 3 rings (SSSR count). The van der Waals surface area contributed by atoms with E-state index in [0.29, 0.717) is 5.82 Å². The Kier molecular flexibility index (Phi) is 5.77. The summed E-state index contributed by atoms with van der Waals surface area (Å²) in [7, 11) is 0. The zero-order valence-electron chi connectivity index (χ0n) is 13.9. The Morgan fingerprint density at radius 2 is 2.22 bits per heavy atom. The van der Waals surface area contributed by atoms with Crippen LogP contribution in [0.4, 0.5) is 10.1 Å². The van der Waals surface area contributed by atoms with Crippen molar-refractivity contribution >= 4 is 40.5 Å². The van der Waals surface area contributed by atoms with E-state index < -0.39 is 23.8 Å². The van der Waals surface area contributed by atoms with Crippen molar-refractivity contribution < 1.29 is 18.7 Å². The number of tetrazole rings is 1. The third-order valence-electron chi connectivity index (χ3n) is 3.33. The zero-order valence-corrected chi connectivity index (χ0v) is 15.5. The fourth-order valence-corrected chi connectivity index (χ4v) is 2.91. The van der Waals surface area contributed by atoms with Gasteiger partial charge in [-0.3, -0.25) is 4.79 Å². The fourth-order valence-electron chi connectivity index (χ4n) is 2.04. The number of hydrogen-bond acceptors (Lipinski definition) is 7. The van der Waals surface area contributed by atoms with Gasteiger partial charge in [-0.05, 0) is 41.8 Å². The van der Waals surface area contributed by atoms with E-state index in [9.17, 15) is 14.0 Å². The largest absolute Gasteiger partial charge is 0.451 e. The minimum Gasteiger partial charge on any atom is -0.451 e. The SMILES string of the molecule is C[C@@H](OC(=O)Cn1nnc(-c2cccs2)n1)C(=O)Nc1ccc(F)cc1Cl. The lowest BCUT2D eigenvalue weighted by molar-refractivity contribution is -0.154. The molecule has 0 saturated heterocycles. The highest BCUT2D eigenvalue weighted by molar-refractivity contribution is 7.13. The van der Waals surface area contributed by atoms with Gasteiger partial charge in [-0.2, -0.15) is 4.80 Å². The molecule has 140 valence electrons. The van der Waals surface area contributed by atoms with E-state index in [0.717, 1.165) is 21.8 Å². The molecule has 8 nitrogen and oxygen atoms in total.